The molecule has 10 heteroatoms. The van der Waals surface area contributed by atoms with Crippen LogP contribution in [0.2, 0.25) is 0 Å². The van der Waals surface area contributed by atoms with Crippen molar-refractivity contribution < 1.29 is 42.8 Å². The van der Waals surface area contributed by atoms with Gasteiger partial charge in [0.15, 0.2) is 0 Å². The van der Waals surface area contributed by atoms with Gasteiger partial charge in [-0.1, -0.05) is 53.6 Å². The molecular weight excluding hydrogens is 821 g/mol. The van der Waals surface area contributed by atoms with Gasteiger partial charge in [-0.2, -0.15) is 0 Å². The van der Waals surface area contributed by atoms with Crippen molar-refractivity contribution in [1.82, 2.24) is 19.9 Å². The molecule has 0 saturated heterocycles. The molecule has 1 radical (unpaired) electrons. The van der Waals surface area contributed by atoms with E-state index in [-0.39, 0.29) is 31.2 Å². The first-order valence-electron chi connectivity index (χ1n) is 16.0. The Morgan fingerprint density at radius 3 is 1.52 bits per heavy atom. The van der Waals surface area contributed by atoms with Crippen molar-refractivity contribution in [2.24, 2.45) is 17.8 Å². The second kappa shape index (κ2) is 17.3. The summed E-state index contributed by atoms with van der Waals surface area (Å²) >= 11 is 0. The van der Waals surface area contributed by atoms with Gasteiger partial charge in [-0.15, -0.1) is 24.3 Å². The third-order valence-electron chi connectivity index (χ3n) is 8.78. The van der Waals surface area contributed by atoms with Gasteiger partial charge in [0.05, 0.1) is 11.4 Å². The van der Waals surface area contributed by atoms with E-state index in [2.05, 4.69) is 38.1 Å². The van der Waals surface area contributed by atoms with E-state index in [1.807, 2.05) is 30.6 Å². The van der Waals surface area contributed by atoms with Crippen LogP contribution >= 0.6 is 0 Å². The van der Waals surface area contributed by atoms with Crippen LogP contribution in [0.5, 0.6) is 0 Å². The molecule has 1 N–H and O–H groups in total. The van der Waals surface area contributed by atoms with Crippen molar-refractivity contribution >= 4 is 0 Å². The number of pyridine rings is 4. The van der Waals surface area contributed by atoms with Crippen LogP contribution in [0.25, 0.3) is 33.9 Å². The van der Waals surface area contributed by atoms with Crippen molar-refractivity contribution in [3.05, 3.63) is 156 Å². The second-order valence-electron chi connectivity index (χ2n) is 11.8. The Morgan fingerprint density at radius 1 is 0.600 bits per heavy atom. The van der Waals surface area contributed by atoms with Crippen LogP contribution in [0.1, 0.15) is 24.0 Å². The first kappa shape index (κ1) is 36.6. The number of aromatic nitrogens is 4. The summed E-state index contributed by atoms with van der Waals surface area (Å²) in [5, 5.41) is 9.41. The van der Waals surface area contributed by atoms with Crippen molar-refractivity contribution in [3.63, 3.8) is 0 Å². The van der Waals surface area contributed by atoms with Crippen LogP contribution in [0.4, 0.5) is 17.6 Å². The molecule has 0 aliphatic heterocycles. The zero-order valence-electron chi connectivity index (χ0n) is 26.7. The Bertz CT molecular complexity index is 1900. The Morgan fingerprint density at radius 2 is 1.08 bits per heavy atom. The summed E-state index contributed by atoms with van der Waals surface area (Å²) in [7, 11) is 0. The zero-order chi connectivity index (χ0) is 34.2. The molecule has 6 aromatic rings. The Balaban J connectivity index is 0.000000149. The van der Waals surface area contributed by atoms with Gasteiger partial charge in [0.25, 0.3) is 0 Å². The number of aliphatic hydroxyl groups is 1. The Kier molecular flexibility index (Phi) is 12.7. The van der Waals surface area contributed by atoms with E-state index in [0.29, 0.717) is 23.9 Å². The summed E-state index contributed by atoms with van der Waals surface area (Å²) in [6.07, 6.45) is 11.6. The average molecular weight is 853 g/mol. The summed E-state index contributed by atoms with van der Waals surface area (Å²) in [6, 6.07) is 27.2. The van der Waals surface area contributed by atoms with Crippen LogP contribution in [0, 0.1) is 53.2 Å². The van der Waals surface area contributed by atoms with Gasteiger partial charge in [0.2, 0.25) is 0 Å². The number of benzene rings is 2. The molecule has 257 valence electrons. The van der Waals surface area contributed by atoms with Gasteiger partial charge >= 0.3 is 0 Å². The molecule has 0 amide bonds. The minimum atomic E-state index is -0.649. The Hall–Kier alpha value is -4.63. The summed E-state index contributed by atoms with van der Waals surface area (Å²) in [6.45, 7) is 0.364. The van der Waals surface area contributed by atoms with E-state index in [1.165, 1.54) is 24.0 Å². The van der Waals surface area contributed by atoms with Gasteiger partial charge in [-0.05, 0) is 96.3 Å². The van der Waals surface area contributed by atoms with E-state index < -0.39 is 23.3 Å². The molecule has 2 aliphatic rings. The molecule has 8 rings (SSSR count). The monoisotopic (exact) mass is 853 g/mol. The van der Waals surface area contributed by atoms with E-state index in [1.54, 1.807) is 48.8 Å². The number of aryl methyl sites for hydroxylation is 2. The molecule has 50 heavy (non-hydrogen) atoms. The smallest absolute Gasteiger partial charge is 0.0889 e. The van der Waals surface area contributed by atoms with Gasteiger partial charge in [-0.25, -0.2) is 0 Å². The summed E-state index contributed by atoms with van der Waals surface area (Å²) < 4.78 is 51.6. The van der Waals surface area contributed by atoms with Gasteiger partial charge in [0.1, 0.15) is 0 Å². The van der Waals surface area contributed by atoms with Gasteiger partial charge < -0.3 is 15.1 Å². The van der Waals surface area contributed by atoms with Crippen LogP contribution in [-0.2, 0) is 32.9 Å². The van der Waals surface area contributed by atoms with Crippen LogP contribution < -0.4 is 0 Å². The molecule has 3 atom stereocenters. The fraction of sp³-hybridized carbons (Fsp3) is 0.200. The van der Waals surface area contributed by atoms with Crippen LogP contribution in [0.15, 0.2) is 110 Å². The molecule has 1 saturated carbocycles. The summed E-state index contributed by atoms with van der Waals surface area (Å²) in [4.78, 5) is 16.9. The van der Waals surface area contributed by atoms with Crippen LogP contribution in [-0.4, -0.2) is 31.6 Å². The number of halogens is 4. The molecular formula is C40H32F4IrN4O-2. The third-order valence-corrected chi connectivity index (χ3v) is 8.78. The third kappa shape index (κ3) is 9.12. The van der Waals surface area contributed by atoms with Crippen LogP contribution in [0.3, 0.4) is 0 Å². The standard InChI is InChI=1S/C18H20N2O.2C11H6F2N.Ir/c21-11-16-14-6-4-12-9-18(17-3-1-2-8-19-17)20-10-13(12)5-7-15(14)16;2*12-8-4-5-9(10(13)7-8)11-3-1-2-6-14-11;/h1-3,8-10,14-16,21H,4-7,11H2;2*1-4,6-7H;/q;2*-1;/t14-,15+,16-;;;/m0.../s1. The second-order valence-corrected chi connectivity index (χ2v) is 11.8. The van der Waals surface area contributed by atoms with E-state index in [0.717, 1.165) is 60.3 Å². The predicted octanol–water partition coefficient (Wildman–Crippen LogP) is 8.53. The summed E-state index contributed by atoms with van der Waals surface area (Å²) in [5.74, 6) is -0.521. The predicted molar refractivity (Wildman–Crippen MR) is 179 cm³/mol. The quantitative estimate of drug-likeness (QED) is 0.142. The largest absolute Gasteiger partial charge is 0.396 e. The fourth-order valence-corrected chi connectivity index (χ4v) is 6.24. The minimum Gasteiger partial charge on any atom is -0.396 e. The molecule has 2 aliphatic carbocycles. The number of nitrogens with zero attached hydrogens (tertiary/aromatic N) is 4. The SMILES string of the molecule is Fc1c[c-]c(-c2ccccn2)c(F)c1.Fc1c[c-]c(-c2ccccn2)c(F)c1.OC[C@H]1[C@H]2CCc3cc(-c4ccccn4)ncc3CC[C@@H]12.[Ir]. The number of rotatable bonds is 4. The van der Waals surface area contributed by atoms with Crippen molar-refractivity contribution in [1.29, 1.82) is 0 Å². The summed E-state index contributed by atoms with van der Waals surface area (Å²) in [5.41, 5.74) is 6.00. The minimum absolute atomic E-state index is 0. The van der Waals surface area contributed by atoms with Crippen molar-refractivity contribution in [2.75, 3.05) is 6.61 Å². The number of hydrogen-bond acceptors (Lipinski definition) is 5. The number of hydrogen-bond donors (Lipinski definition) is 1. The van der Waals surface area contributed by atoms with Gasteiger partial charge in [-0.3, -0.25) is 27.5 Å². The van der Waals surface area contributed by atoms with E-state index >= 15 is 0 Å². The van der Waals surface area contributed by atoms with E-state index in [9.17, 15) is 22.7 Å². The number of aliphatic hydroxyl groups excluding tert-OH is 1. The fourth-order valence-electron chi connectivity index (χ4n) is 6.24. The normalized spacial score (nSPS) is 17.1. The topological polar surface area (TPSA) is 71.8 Å². The Labute approximate surface area is 301 Å². The molecule has 5 nitrogen and oxygen atoms in total. The first-order chi connectivity index (χ1) is 23.9. The molecule has 1 fully saturated rings. The van der Waals surface area contributed by atoms with Crippen molar-refractivity contribution in [3.8, 4) is 33.9 Å². The molecule has 0 spiro atoms. The van der Waals surface area contributed by atoms with Crippen molar-refractivity contribution in [2.45, 2.75) is 25.7 Å². The average Bonchev–Trinajstić information content (AvgIpc) is 3.80. The maximum absolute atomic E-state index is 13.2. The first-order valence-corrected chi connectivity index (χ1v) is 16.0. The van der Waals surface area contributed by atoms with Gasteiger partial charge in [0, 0.05) is 74.8 Å². The molecule has 0 unspecified atom stereocenters. The molecule has 2 aromatic carbocycles. The molecule has 4 heterocycles. The molecule has 0 bridgehead atoms. The zero-order valence-corrected chi connectivity index (χ0v) is 29.1. The maximum atomic E-state index is 13.2. The molecule has 4 aromatic heterocycles. The maximum Gasteiger partial charge on any atom is 0.0889 e. The van der Waals surface area contributed by atoms with E-state index in [4.69, 9.17) is 0 Å². The number of fused-ring (bicyclic) bond motifs is 2.